The predicted octanol–water partition coefficient (Wildman–Crippen LogP) is 0.137. The Hall–Kier alpha value is -1.68. The molecule has 1 amide bonds. The number of nitrogens with one attached hydrogen (secondary N) is 2. The van der Waals surface area contributed by atoms with Crippen LogP contribution < -0.4 is 14.8 Å². The van der Waals surface area contributed by atoms with Crippen molar-refractivity contribution in [2.24, 2.45) is 0 Å². The topological polar surface area (TPSA) is 103 Å². The van der Waals surface area contributed by atoms with Gasteiger partial charge in [0.2, 0.25) is 10.0 Å². The number of hydrogen-bond donors (Lipinski definition) is 2. The van der Waals surface area contributed by atoms with Gasteiger partial charge in [0.05, 0.1) is 36.3 Å². The van der Waals surface area contributed by atoms with Crippen LogP contribution >= 0.6 is 0 Å². The third kappa shape index (κ3) is 4.04. The van der Waals surface area contributed by atoms with Crippen molar-refractivity contribution in [3.63, 3.8) is 0 Å². The Balaban J connectivity index is 2.30. The van der Waals surface area contributed by atoms with Gasteiger partial charge in [0.1, 0.15) is 5.75 Å². The van der Waals surface area contributed by atoms with Crippen LogP contribution in [0.4, 0.5) is 0 Å². The Morgan fingerprint density at radius 1 is 1.33 bits per heavy atom. The van der Waals surface area contributed by atoms with E-state index in [1.807, 2.05) is 0 Å². The summed E-state index contributed by atoms with van der Waals surface area (Å²) in [6.07, 6.45) is 0.154. The normalized spacial score (nSPS) is 21.3. The highest BCUT2D eigenvalue weighted by molar-refractivity contribution is 7.89. The summed E-state index contributed by atoms with van der Waals surface area (Å²) in [5, 5.41) is 2.46. The molecule has 0 bridgehead atoms. The lowest BCUT2D eigenvalue weighted by Crippen LogP contribution is -2.49. The number of hydrogen-bond acceptors (Lipinski definition) is 6. The molecule has 1 aromatic carbocycles. The summed E-state index contributed by atoms with van der Waals surface area (Å²) in [5.74, 6) is -0.126. The summed E-state index contributed by atoms with van der Waals surface area (Å²) in [7, 11) is 0.579. The maximum atomic E-state index is 12.6. The average Bonchev–Trinajstić information content (AvgIpc) is 2.60. The molecule has 1 heterocycles. The van der Waals surface area contributed by atoms with Gasteiger partial charge in [-0.25, -0.2) is 13.1 Å². The molecule has 24 heavy (non-hydrogen) atoms. The van der Waals surface area contributed by atoms with E-state index >= 15 is 0 Å². The van der Waals surface area contributed by atoms with E-state index in [-0.39, 0.29) is 22.6 Å². The van der Waals surface area contributed by atoms with Gasteiger partial charge in [-0.3, -0.25) is 4.79 Å². The molecule has 134 valence electrons. The van der Waals surface area contributed by atoms with Gasteiger partial charge in [-0.15, -0.1) is 0 Å². The molecule has 1 aliphatic rings. The lowest BCUT2D eigenvalue weighted by atomic mass is 10.1. The minimum atomic E-state index is -3.81. The van der Waals surface area contributed by atoms with E-state index in [1.165, 1.54) is 39.5 Å². The van der Waals surface area contributed by atoms with Gasteiger partial charge in [0.15, 0.2) is 0 Å². The zero-order valence-corrected chi connectivity index (χ0v) is 14.7. The Labute approximate surface area is 141 Å². The van der Waals surface area contributed by atoms with Crippen LogP contribution in [0, 0.1) is 0 Å². The van der Waals surface area contributed by atoms with Crippen LogP contribution in [0.3, 0.4) is 0 Å². The van der Waals surface area contributed by atoms with Crippen LogP contribution in [-0.4, -0.2) is 61.0 Å². The maximum Gasteiger partial charge on any atom is 0.254 e. The number of ether oxygens (including phenoxy) is 3. The van der Waals surface area contributed by atoms with Crippen molar-refractivity contribution in [1.82, 2.24) is 10.0 Å². The molecule has 0 aromatic heterocycles. The second-order valence-corrected chi connectivity index (χ2v) is 7.02. The molecule has 2 rings (SSSR count). The molecular formula is C15H22N2O6S. The first-order valence-corrected chi connectivity index (χ1v) is 8.94. The fourth-order valence-electron chi connectivity index (χ4n) is 2.51. The summed E-state index contributed by atoms with van der Waals surface area (Å²) < 4.78 is 43.6. The standard InChI is InChI=1S/C15H22N2O6S/c1-16-15(18)11-8-10(4-5-13(11)21-2)24(19,20)17-12-6-7-23-9-14(12)22-3/h4-5,8,12,14,17H,6-7,9H2,1-3H3,(H,16,18)/t12-,14-/m1/s1. The van der Waals surface area contributed by atoms with Crippen LogP contribution in [0.1, 0.15) is 16.8 Å². The predicted molar refractivity (Wildman–Crippen MR) is 86.7 cm³/mol. The molecule has 0 unspecified atom stereocenters. The van der Waals surface area contributed by atoms with Crippen molar-refractivity contribution in [3.8, 4) is 5.75 Å². The first kappa shape index (κ1) is 18.7. The molecule has 0 saturated carbocycles. The molecule has 1 saturated heterocycles. The molecule has 2 atom stereocenters. The van der Waals surface area contributed by atoms with Crippen LogP contribution in [-0.2, 0) is 19.5 Å². The quantitative estimate of drug-likeness (QED) is 0.750. The summed E-state index contributed by atoms with van der Waals surface area (Å²) in [4.78, 5) is 11.9. The number of methoxy groups -OCH3 is 2. The minimum Gasteiger partial charge on any atom is -0.496 e. The molecule has 0 spiro atoms. The molecule has 0 aliphatic carbocycles. The molecule has 1 aromatic rings. The van der Waals surface area contributed by atoms with Crippen LogP contribution in [0.25, 0.3) is 0 Å². The minimum absolute atomic E-state index is 0.0109. The second-order valence-electron chi connectivity index (χ2n) is 5.31. The van der Waals surface area contributed by atoms with Crippen molar-refractivity contribution in [2.45, 2.75) is 23.5 Å². The first-order valence-electron chi connectivity index (χ1n) is 7.46. The van der Waals surface area contributed by atoms with Crippen molar-refractivity contribution in [2.75, 3.05) is 34.5 Å². The highest BCUT2D eigenvalue weighted by Gasteiger charge is 2.30. The third-order valence-electron chi connectivity index (χ3n) is 3.87. The van der Waals surface area contributed by atoms with E-state index in [4.69, 9.17) is 14.2 Å². The second kappa shape index (κ2) is 7.93. The van der Waals surface area contributed by atoms with Crippen molar-refractivity contribution >= 4 is 15.9 Å². The van der Waals surface area contributed by atoms with E-state index in [0.717, 1.165) is 0 Å². The zero-order chi connectivity index (χ0) is 17.7. The Kier molecular flexibility index (Phi) is 6.16. The highest BCUT2D eigenvalue weighted by Crippen LogP contribution is 2.23. The molecule has 0 radical (unpaired) electrons. The van der Waals surface area contributed by atoms with Gasteiger partial charge in [0, 0.05) is 20.8 Å². The number of benzene rings is 1. The number of rotatable bonds is 6. The Morgan fingerprint density at radius 3 is 2.71 bits per heavy atom. The van der Waals surface area contributed by atoms with E-state index < -0.39 is 15.9 Å². The molecule has 9 heteroatoms. The molecular weight excluding hydrogens is 336 g/mol. The van der Waals surface area contributed by atoms with Gasteiger partial charge in [-0.05, 0) is 24.6 Å². The van der Waals surface area contributed by atoms with Gasteiger partial charge in [-0.2, -0.15) is 0 Å². The summed E-state index contributed by atoms with van der Waals surface area (Å²) in [5.41, 5.74) is 0.151. The molecule has 1 aliphatic heterocycles. The van der Waals surface area contributed by atoms with Crippen LogP contribution in [0.5, 0.6) is 5.75 Å². The third-order valence-corrected chi connectivity index (χ3v) is 5.35. The Bertz CT molecular complexity index is 691. The largest absolute Gasteiger partial charge is 0.496 e. The van der Waals surface area contributed by atoms with Crippen molar-refractivity contribution < 1.29 is 27.4 Å². The lowest BCUT2D eigenvalue weighted by Gasteiger charge is -2.30. The van der Waals surface area contributed by atoms with Gasteiger partial charge in [-0.1, -0.05) is 0 Å². The van der Waals surface area contributed by atoms with Gasteiger partial charge >= 0.3 is 0 Å². The summed E-state index contributed by atoms with van der Waals surface area (Å²) >= 11 is 0. The SMILES string of the molecule is CNC(=O)c1cc(S(=O)(=O)N[C@@H]2CCOC[C@H]2OC)ccc1OC. The first-order chi connectivity index (χ1) is 11.4. The van der Waals surface area contributed by atoms with E-state index in [0.29, 0.717) is 25.4 Å². The fraction of sp³-hybridized carbons (Fsp3) is 0.533. The van der Waals surface area contributed by atoms with Crippen molar-refractivity contribution in [1.29, 1.82) is 0 Å². The average molecular weight is 358 g/mol. The highest BCUT2D eigenvalue weighted by atomic mass is 32.2. The Morgan fingerprint density at radius 2 is 2.08 bits per heavy atom. The van der Waals surface area contributed by atoms with E-state index in [2.05, 4.69) is 10.0 Å². The van der Waals surface area contributed by atoms with E-state index in [9.17, 15) is 13.2 Å². The van der Waals surface area contributed by atoms with Gasteiger partial charge < -0.3 is 19.5 Å². The van der Waals surface area contributed by atoms with Crippen LogP contribution in [0.2, 0.25) is 0 Å². The number of amides is 1. The molecule has 8 nitrogen and oxygen atoms in total. The van der Waals surface area contributed by atoms with Crippen molar-refractivity contribution in [3.05, 3.63) is 23.8 Å². The summed E-state index contributed by atoms with van der Waals surface area (Å²) in [6, 6.07) is 3.76. The monoisotopic (exact) mass is 358 g/mol. The lowest BCUT2D eigenvalue weighted by molar-refractivity contribution is -0.0448. The summed E-state index contributed by atoms with van der Waals surface area (Å²) in [6.45, 7) is 0.787. The number of carbonyl (C=O) groups excluding carboxylic acids is 1. The smallest absolute Gasteiger partial charge is 0.254 e. The zero-order valence-electron chi connectivity index (χ0n) is 13.9. The van der Waals surface area contributed by atoms with Gasteiger partial charge in [0.25, 0.3) is 5.91 Å². The molecule has 2 N–H and O–H groups in total. The maximum absolute atomic E-state index is 12.6. The molecule has 1 fully saturated rings. The number of carbonyl (C=O) groups is 1. The van der Waals surface area contributed by atoms with E-state index in [1.54, 1.807) is 0 Å². The van der Waals surface area contributed by atoms with Crippen LogP contribution in [0.15, 0.2) is 23.1 Å². The number of sulfonamides is 1. The fourth-order valence-corrected chi connectivity index (χ4v) is 3.84.